The van der Waals surface area contributed by atoms with Crippen molar-refractivity contribution in [2.45, 2.75) is 56.8 Å². The molecule has 0 aromatic rings. The molecular weight excluding hydrogens is 472 g/mol. The summed E-state index contributed by atoms with van der Waals surface area (Å²) in [6, 6.07) is -1.34. The molecule has 35 heavy (non-hydrogen) atoms. The Morgan fingerprint density at radius 3 is 2.31 bits per heavy atom. The number of carbonyl (C=O) groups excluding carboxylic acids is 2. The number of ether oxygens (including phenoxy) is 4. The molecule has 0 radical (unpaired) electrons. The Labute approximate surface area is 203 Å². The molecule has 7 atom stereocenters. The number of aliphatic carboxylic acids is 1. The first-order valence-electron chi connectivity index (χ1n) is 11.3. The van der Waals surface area contributed by atoms with Crippen LogP contribution >= 0.6 is 0 Å². The van der Waals surface area contributed by atoms with Crippen molar-refractivity contribution in [1.29, 1.82) is 0 Å². The molecule has 204 valence electrons. The zero-order valence-corrected chi connectivity index (χ0v) is 20.2. The van der Waals surface area contributed by atoms with Crippen LogP contribution < -0.4 is 10.6 Å². The zero-order valence-electron chi connectivity index (χ0n) is 20.2. The Bertz CT molecular complexity index is 664. The lowest BCUT2D eigenvalue weighted by Gasteiger charge is -2.46. The number of carboxylic acids is 1. The molecule has 7 N–H and O–H groups in total. The van der Waals surface area contributed by atoms with E-state index in [1.165, 1.54) is 7.11 Å². The third kappa shape index (κ3) is 10.2. The summed E-state index contributed by atoms with van der Waals surface area (Å²) in [5.74, 6) is -3.15. The second kappa shape index (κ2) is 15.8. The first-order chi connectivity index (χ1) is 16.5. The minimum Gasteiger partial charge on any atom is -0.479 e. The van der Waals surface area contributed by atoms with Crippen LogP contribution in [-0.2, 0) is 28.5 Å². The van der Waals surface area contributed by atoms with Gasteiger partial charge in [-0.25, -0.2) is 9.59 Å². The highest BCUT2D eigenvalue weighted by molar-refractivity contribution is 5.82. The lowest BCUT2D eigenvalue weighted by molar-refractivity contribution is -0.215. The molecule has 1 aliphatic heterocycles. The Kier molecular flexibility index (Phi) is 14.0. The maximum absolute atomic E-state index is 12.5. The van der Waals surface area contributed by atoms with Crippen molar-refractivity contribution in [2.24, 2.45) is 11.8 Å². The van der Waals surface area contributed by atoms with Crippen LogP contribution in [-0.4, -0.2) is 127 Å². The van der Waals surface area contributed by atoms with Gasteiger partial charge in [-0.05, 0) is 12.3 Å². The average molecular weight is 511 g/mol. The van der Waals surface area contributed by atoms with Crippen LogP contribution in [0.15, 0.2) is 0 Å². The zero-order chi connectivity index (χ0) is 26.5. The number of carbonyl (C=O) groups is 3. The predicted molar refractivity (Wildman–Crippen MR) is 118 cm³/mol. The van der Waals surface area contributed by atoms with Gasteiger partial charge in [0.05, 0.1) is 38.6 Å². The van der Waals surface area contributed by atoms with Gasteiger partial charge in [0.25, 0.3) is 0 Å². The number of alkyl carbamates (subject to hydrolysis) is 1. The van der Waals surface area contributed by atoms with Crippen LogP contribution in [0, 0.1) is 11.8 Å². The van der Waals surface area contributed by atoms with Gasteiger partial charge in [0.2, 0.25) is 5.91 Å². The quantitative estimate of drug-likeness (QED) is 0.113. The van der Waals surface area contributed by atoms with Crippen molar-refractivity contribution in [3.8, 4) is 0 Å². The molecular formula is C21H38N2O12. The molecule has 14 nitrogen and oxygen atoms in total. The van der Waals surface area contributed by atoms with Crippen LogP contribution in [0.4, 0.5) is 4.79 Å². The molecule has 1 heterocycles. The van der Waals surface area contributed by atoms with E-state index >= 15 is 0 Å². The summed E-state index contributed by atoms with van der Waals surface area (Å²) in [4.78, 5) is 36.0. The van der Waals surface area contributed by atoms with Crippen molar-refractivity contribution in [1.82, 2.24) is 10.6 Å². The van der Waals surface area contributed by atoms with E-state index in [1.807, 2.05) is 13.8 Å². The van der Waals surface area contributed by atoms with Gasteiger partial charge >= 0.3 is 12.1 Å². The SMILES string of the molecule is COCCOCCOC(=O)NCC(=O)NC1C(O)C(CC(C)C)C(C(=O)O)OC1C(O)C(O)CO. The normalized spacial score (nSPS) is 26.1. The van der Waals surface area contributed by atoms with Crippen LogP contribution in [0.3, 0.4) is 0 Å². The monoisotopic (exact) mass is 510 g/mol. The van der Waals surface area contributed by atoms with Crippen LogP contribution in [0.1, 0.15) is 20.3 Å². The maximum Gasteiger partial charge on any atom is 0.407 e. The number of methoxy groups -OCH3 is 1. The smallest absolute Gasteiger partial charge is 0.407 e. The van der Waals surface area contributed by atoms with Crippen LogP contribution in [0.5, 0.6) is 0 Å². The van der Waals surface area contributed by atoms with Crippen LogP contribution in [0.2, 0.25) is 0 Å². The minimum absolute atomic E-state index is 0.0316. The van der Waals surface area contributed by atoms with Gasteiger partial charge in [-0.1, -0.05) is 13.8 Å². The van der Waals surface area contributed by atoms with Crippen LogP contribution in [0.25, 0.3) is 0 Å². The summed E-state index contributed by atoms with van der Waals surface area (Å²) in [6.07, 6.45) is -8.76. The highest BCUT2D eigenvalue weighted by atomic mass is 16.6. The molecule has 1 aliphatic rings. The van der Waals surface area contributed by atoms with E-state index < -0.39 is 73.6 Å². The van der Waals surface area contributed by atoms with E-state index in [2.05, 4.69) is 10.6 Å². The van der Waals surface area contributed by atoms with E-state index in [9.17, 15) is 39.9 Å². The molecule has 1 rings (SSSR count). The Morgan fingerprint density at radius 2 is 1.74 bits per heavy atom. The average Bonchev–Trinajstić information content (AvgIpc) is 2.81. The second-order valence-electron chi connectivity index (χ2n) is 8.57. The number of aliphatic hydroxyl groups is 4. The lowest BCUT2D eigenvalue weighted by Crippen LogP contribution is -2.67. The first kappa shape index (κ1) is 31.0. The Balaban J connectivity index is 2.81. The van der Waals surface area contributed by atoms with Crippen molar-refractivity contribution in [3.05, 3.63) is 0 Å². The van der Waals surface area contributed by atoms with E-state index in [0.717, 1.165) is 0 Å². The van der Waals surface area contributed by atoms with Crippen molar-refractivity contribution < 1.29 is 58.9 Å². The summed E-state index contributed by atoms with van der Waals surface area (Å²) in [6.45, 7) is 2.98. The summed E-state index contributed by atoms with van der Waals surface area (Å²) in [5.41, 5.74) is 0. The van der Waals surface area contributed by atoms with Gasteiger partial charge in [0, 0.05) is 13.0 Å². The second-order valence-corrected chi connectivity index (χ2v) is 8.57. The van der Waals surface area contributed by atoms with Gasteiger partial charge in [-0.2, -0.15) is 0 Å². The first-order valence-corrected chi connectivity index (χ1v) is 11.3. The topological polar surface area (TPSA) is 213 Å². The highest BCUT2D eigenvalue weighted by Gasteiger charge is 2.51. The molecule has 7 unspecified atom stereocenters. The van der Waals surface area contributed by atoms with Gasteiger partial charge in [0.1, 0.15) is 31.5 Å². The molecule has 0 aromatic heterocycles. The number of hydrogen-bond acceptors (Lipinski definition) is 11. The van der Waals surface area contributed by atoms with Gasteiger partial charge < -0.3 is 55.1 Å². The maximum atomic E-state index is 12.5. The molecule has 1 saturated heterocycles. The van der Waals surface area contributed by atoms with Crippen molar-refractivity contribution in [2.75, 3.05) is 46.7 Å². The predicted octanol–water partition coefficient (Wildman–Crippen LogP) is -2.55. The molecule has 0 bridgehead atoms. The number of rotatable bonds is 15. The fourth-order valence-electron chi connectivity index (χ4n) is 3.71. The minimum atomic E-state index is -1.82. The largest absolute Gasteiger partial charge is 0.479 e. The van der Waals surface area contributed by atoms with E-state index in [1.54, 1.807) is 0 Å². The summed E-state index contributed by atoms with van der Waals surface area (Å²) < 4.78 is 20.3. The fraction of sp³-hybridized carbons (Fsp3) is 0.857. The summed E-state index contributed by atoms with van der Waals surface area (Å²) >= 11 is 0. The van der Waals surface area contributed by atoms with Crippen molar-refractivity contribution in [3.63, 3.8) is 0 Å². The number of hydrogen-bond donors (Lipinski definition) is 7. The molecule has 14 heteroatoms. The van der Waals surface area contributed by atoms with Gasteiger partial charge in [-0.15, -0.1) is 0 Å². The van der Waals surface area contributed by atoms with Gasteiger partial charge in [0.15, 0.2) is 6.10 Å². The highest BCUT2D eigenvalue weighted by Crippen LogP contribution is 2.33. The Hall–Kier alpha value is -2.07. The van der Waals surface area contributed by atoms with Gasteiger partial charge in [-0.3, -0.25) is 4.79 Å². The lowest BCUT2D eigenvalue weighted by atomic mass is 9.78. The van der Waals surface area contributed by atoms with Crippen molar-refractivity contribution >= 4 is 18.0 Å². The molecule has 0 aromatic carbocycles. The number of amides is 2. The van der Waals surface area contributed by atoms with E-state index in [4.69, 9.17) is 18.9 Å². The Morgan fingerprint density at radius 1 is 1.09 bits per heavy atom. The summed E-state index contributed by atoms with van der Waals surface area (Å²) in [5, 5.41) is 54.6. The number of carboxylic acid groups (broad SMARTS) is 1. The third-order valence-electron chi connectivity index (χ3n) is 5.37. The van der Waals surface area contributed by atoms with E-state index in [-0.39, 0.29) is 25.6 Å². The fourth-order valence-corrected chi connectivity index (χ4v) is 3.71. The third-order valence-corrected chi connectivity index (χ3v) is 5.37. The molecule has 2 amide bonds. The molecule has 0 saturated carbocycles. The summed E-state index contributed by atoms with van der Waals surface area (Å²) in [7, 11) is 1.52. The standard InChI is InChI=1S/C21H38N2O12/c1-11(2)8-12-16(27)15(19(17(28)13(25)10-24)35-18(12)20(29)30)23-14(26)9-22-21(31)34-7-6-33-5-4-32-3/h11-13,15-19,24-25,27-28H,4-10H2,1-3H3,(H,22,31)(H,23,26)(H,29,30). The number of aliphatic hydroxyl groups excluding tert-OH is 4. The number of nitrogens with one attached hydrogen (secondary N) is 2. The van der Waals surface area contributed by atoms with E-state index in [0.29, 0.717) is 13.2 Å². The molecule has 0 spiro atoms. The molecule has 1 fully saturated rings. The molecule has 0 aliphatic carbocycles.